The van der Waals surface area contributed by atoms with E-state index < -0.39 is 69.0 Å². The molecule has 0 unspecified atom stereocenters. The molecule has 6 N–H and O–H groups in total. The highest BCUT2D eigenvalue weighted by atomic mass is 16.6. The number of alkyl carbamates (subject to hydrolysis) is 1. The summed E-state index contributed by atoms with van der Waals surface area (Å²) in [4.78, 5) is 75.0. The molecule has 218 valence electrons. The molecule has 0 spiro atoms. The summed E-state index contributed by atoms with van der Waals surface area (Å²) in [5.74, 6) is -4.12. The van der Waals surface area contributed by atoms with Crippen molar-refractivity contribution in [3.63, 3.8) is 0 Å². The molecule has 0 aromatic heterocycles. The topological polar surface area (TPSA) is 192 Å². The van der Waals surface area contributed by atoms with Crippen molar-refractivity contribution in [2.75, 3.05) is 0 Å². The Morgan fingerprint density at radius 3 is 0.921 bits per heavy atom. The summed E-state index contributed by atoms with van der Waals surface area (Å²) in [5, 5.41) is 21.7. The van der Waals surface area contributed by atoms with Gasteiger partial charge in [-0.05, 0) is 90.0 Å². The van der Waals surface area contributed by atoms with Gasteiger partial charge in [0.25, 0.3) is 0 Å². The molecule has 5 amide bonds. The van der Waals surface area contributed by atoms with Crippen LogP contribution in [0.1, 0.15) is 90.0 Å². The lowest BCUT2D eigenvalue weighted by molar-refractivity contribution is -0.147. The van der Waals surface area contributed by atoms with E-state index >= 15 is 0 Å². The number of ether oxygens (including phenoxy) is 1. The highest BCUT2D eigenvalue weighted by molar-refractivity contribution is 6.00. The third-order valence-corrected chi connectivity index (χ3v) is 5.32. The summed E-state index contributed by atoms with van der Waals surface area (Å²) < 4.78 is 5.18. The lowest BCUT2D eigenvalue weighted by Crippen LogP contribution is -2.68. The summed E-state index contributed by atoms with van der Waals surface area (Å²) in [6, 6.07) is 0. The minimum Gasteiger partial charge on any atom is -0.480 e. The standard InChI is InChI=1S/C25H45N5O8/c1-20(2,3)38-19(37)30-24(10,11)17(34)28-22(6,7)15(32)26-21(4,5)14(31)27-23(8,9)16(33)29-25(12,13)18(35)36/h1-13H3,(H,26,32)(H,27,31)(H,28,34)(H,29,33)(H,30,37)(H,35,36). The Bertz CT molecular complexity index is 975. The Labute approximate surface area is 224 Å². The van der Waals surface area contributed by atoms with Gasteiger partial charge in [-0.2, -0.15) is 0 Å². The Balaban J connectivity index is 5.42. The van der Waals surface area contributed by atoms with E-state index in [9.17, 15) is 33.9 Å². The van der Waals surface area contributed by atoms with Gasteiger partial charge in [-0.1, -0.05) is 0 Å². The van der Waals surface area contributed by atoms with Crippen molar-refractivity contribution in [1.82, 2.24) is 26.6 Å². The number of carboxylic acid groups (broad SMARTS) is 1. The maximum absolute atomic E-state index is 13.1. The van der Waals surface area contributed by atoms with Gasteiger partial charge in [0.2, 0.25) is 23.6 Å². The average Bonchev–Trinajstić information content (AvgIpc) is 2.64. The highest BCUT2D eigenvalue weighted by Gasteiger charge is 2.43. The van der Waals surface area contributed by atoms with Crippen LogP contribution >= 0.6 is 0 Å². The SMILES string of the molecule is CC(C)(C)OC(=O)NC(C)(C)C(=O)NC(C)(C)C(=O)NC(C)(C)C(=O)NC(C)(C)C(=O)NC(C)(C)C(=O)O. The highest BCUT2D eigenvalue weighted by Crippen LogP contribution is 2.15. The third-order valence-electron chi connectivity index (χ3n) is 5.32. The van der Waals surface area contributed by atoms with Crippen LogP contribution in [0, 0.1) is 0 Å². The van der Waals surface area contributed by atoms with Crippen LogP contribution in [0.2, 0.25) is 0 Å². The van der Waals surface area contributed by atoms with Crippen LogP contribution in [0.4, 0.5) is 4.79 Å². The maximum Gasteiger partial charge on any atom is 0.408 e. The minimum absolute atomic E-state index is 0.676. The first kappa shape index (κ1) is 34.6. The van der Waals surface area contributed by atoms with Gasteiger partial charge in [-0.25, -0.2) is 9.59 Å². The molecule has 0 aromatic rings. The van der Waals surface area contributed by atoms with E-state index in [1.165, 1.54) is 69.2 Å². The fourth-order valence-electron chi connectivity index (χ4n) is 2.60. The number of hydrogen-bond donors (Lipinski definition) is 6. The number of nitrogens with one attached hydrogen (secondary N) is 5. The normalized spacial score (nSPS) is 13.1. The lowest BCUT2D eigenvalue weighted by Gasteiger charge is -2.36. The van der Waals surface area contributed by atoms with Gasteiger partial charge in [0.05, 0.1) is 0 Å². The fraction of sp³-hybridized carbons (Fsp3) is 0.760. The van der Waals surface area contributed by atoms with Crippen LogP contribution < -0.4 is 26.6 Å². The van der Waals surface area contributed by atoms with E-state index in [4.69, 9.17) is 4.74 Å². The van der Waals surface area contributed by atoms with Crippen molar-refractivity contribution in [2.45, 2.75) is 123 Å². The quantitative estimate of drug-likeness (QED) is 0.234. The first-order chi connectivity index (χ1) is 16.6. The second-order valence-corrected chi connectivity index (χ2v) is 12.9. The maximum atomic E-state index is 13.1. The summed E-state index contributed by atoms with van der Waals surface area (Å²) in [6.45, 7) is 18.9. The van der Waals surface area contributed by atoms with E-state index in [0.717, 1.165) is 0 Å². The van der Waals surface area contributed by atoms with E-state index in [0.29, 0.717) is 0 Å². The van der Waals surface area contributed by atoms with Gasteiger partial charge in [0, 0.05) is 0 Å². The van der Waals surface area contributed by atoms with E-state index in [1.807, 2.05) is 0 Å². The van der Waals surface area contributed by atoms with Crippen LogP contribution in [-0.2, 0) is 28.7 Å². The number of hydrogen-bond acceptors (Lipinski definition) is 7. The summed E-state index contributed by atoms with van der Waals surface area (Å²) in [5.41, 5.74) is -8.36. The first-order valence-corrected chi connectivity index (χ1v) is 12.1. The van der Waals surface area contributed by atoms with Crippen molar-refractivity contribution < 1.29 is 38.6 Å². The Morgan fingerprint density at radius 1 is 0.447 bits per heavy atom. The molecule has 13 heteroatoms. The number of carbonyl (C=O) groups excluding carboxylic acids is 5. The molecule has 0 aliphatic heterocycles. The number of amides is 5. The Hall–Kier alpha value is -3.38. The lowest BCUT2D eigenvalue weighted by atomic mass is 9.94. The second kappa shape index (κ2) is 11.2. The Morgan fingerprint density at radius 2 is 0.684 bits per heavy atom. The summed E-state index contributed by atoms with van der Waals surface area (Å²) in [6.07, 6.45) is -0.809. The Kier molecular flexibility index (Phi) is 10.2. The smallest absolute Gasteiger partial charge is 0.408 e. The molecular weight excluding hydrogens is 498 g/mol. The van der Waals surface area contributed by atoms with Gasteiger partial charge in [0.15, 0.2) is 0 Å². The molecule has 0 radical (unpaired) electrons. The fourth-order valence-corrected chi connectivity index (χ4v) is 2.60. The predicted octanol–water partition coefficient (Wildman–Crippen LogP) is 0.954. The zero-order valence-electron chi connectivity index (χ0n) is 24.8. The van der Waals surface area contributed by atoms with Gasteiger partial charge in [0.1, 0.15) is 33.3 Å². The molecule has 0 saturated heterocycles. The van der Waals surface area contributed by atoms with Gasteiger partial charge in [-0.3, -0.25) is 19.2 Å². The van der Waals surface area contributed by atoms with Crippen molar-refractivity contribution in [2.24, 2.45) is 0 Å². The van der Waals surface area contributed by atoms with Crippen molar-refractivity contribution in [1.29, 1.82) is 0 Å². The van der Waals surface area contributed by atoms with Crippen LogP contribution in [0.25, 0.3) is 0 Å². The molecule has 0 atom stereocenters. The number of carboxylic acids is 1. The van der Waals surface area contributed by atoms with Crippen molar-refractivity contribution >= 4 is 35.7 Å². The van der Waals surface area contributed by atoms with E-state index in [2.05, 4.69) is 26.6 Å². The van der Waals surface area contributed by atoms with Crippen LogP contribution in [0.15, 0.2) is 0 Å². The molecular formula is C25H45N5O8. The van der Waals surface area contributed by atoms with E-state index in [1.54, 1.807) is 20.8 Å². The van der Waals surface area contributed by atoms with Gasteiger partial charge >= 0.3 is 12.1 Å². The molecule has 0 fully saturated rings. The largest absolute Gasteiger partial charge is 0.480 e. The second-order valence-electron chi connectivity index (χ2n) is 12.9. The van der Waals surface area contributed by atoms with Gasteiger partial charge in [-0.15, -0.1) is 0 Å². The molecule has 0 aliphatic carbocycles. The zero-order chi connectivity index (χ0) is 30.7. The molecule has 0 rings (SSSR count). The molecule has 13 nitrogen and oxygen atoms in total. The molecule has 0 heterocycles. The summed E-state index contributed by atoms with van der Waals surface area (Å²) >= 11 is 0. The minimum atomic E-state index is -1.57. The molecule has 0 bridgehead atoms. The molecule has 0 aromatic carbocycles. The van der Waals surface area contributed by atoms with Crippen molar-refractivity contribution in [3.05, 3.63) is 0 Å². The van der Waals surface area contributed by atoms with Crippen LogP contribution in [0.3, 0.4) is 0 Å². The molecule has 0 saturated carbocycles. The molecule has 0 aliphatic rings. The zero-order valence-corrected chi connectivity index (χ0v) is 24.8. The monoisotopic (exact) mass is 543 g/mol. The third kappa shape index (κ3) is 10.2. The first-order valence-electron chi connectivity index (χ1n) is 12.1. The van der Waals surface area contributed by atoms with E-state index in [-0.39, 0.29) is 0 Å². The number of rotatable bonds is 10. The summed E-state index contributed by atoms with van der Waals surface area (Å²) in [7, 11) is 0. The average molecular weight is 544 g/mol. The van der Waals surface area contributed by atoms with Gasteiger partial charge < -0.3 is 36.4 Å². The predicted molar refractivity (Wildman–Crippen MR) is 140 cm³/mol. The molecule has 38 heavy (non-hydrogen) atoms. The number of carbonyl (C=O) groups is 6. The van der Waals surface area contributed by atoms with Crippen LogP contribution in [-0.4, -0.2) is 74.1 Å². The number of aliphatic carboxylic acids is 1. The van der Waals surface area contributed by atoms with Crippen molar-refractivity contribution in [3.8, 4) is 0 Å². The van der Waals surface area contributed by atoms with Crippen LogP contribution in [0.5, 0.6) is 0 Å².